The van der Waals surface area contributed by atoms with E-state index in [1.54, 1.807) is 13.3 Å². The first kappa shape index (κ1) is 6.81. The second-order valence-corrected chi connectivity index (χ2v) is 2.02. The molecule has 0 aliphatic rings. The van der Waals surface area contributed by atoms with Crippen LogP contribution >= 0.6 is 0 Å². The van der Waals surface area contributed by atoms with Crippen LogP contribution in [0.4, 0.5) is 5.69 Å². The highest BCUT2D eigenvalue weighted by Crippen LogP contribution is 2.06. The first-order valence-corrected chi connectivity index (χ1v) is 3.11. The zero-order chi connectivity index (χ0) is 7.40. The molecule has 0 bridgehead atoms. The van der Waals surface area contributed by atoms with Gasteiger partial charge in [-0.15, -0.1) is 0 Å². The van der Waals surface area contributed by atoms with Crippen molar-refractivity contribution in [1.29, 1.82) is 0 Å². The van der Waals surface area contributed by atoms with E-state index in [2.05, 4.69) is 4.99 Å². The molecule has 0 aromatic heterocycles. The molecule has 2 N–H and O–H groups in total. The van der Waals surface area contributed by atoms with E-state index in [1.807, 2.05) is 24.3 Å². The van der Waals surface area contributed by atoms with Crippen molar-refractivity contribution >= 4 is 11.9 Å². The van der Waals surface area contributed by atoms with Gasteiger partial charge in [0.2, 0.25) is 0 Å². The molecular formula is C8H10N2. The Hall–Kier alpha value is -1.31. The summed E-state index contributed by atoms with van der Waals surface area (Å²) in [6.07, 6.45) is 1.75. The molecule has 1 aromatic carbocycles. The van der Waals surface area contributed by atoms with E-state index in [1.165, 1.54) is 0 Å². The minimum Gasteiger partial charge on any atom is -0.398 e. The van der Waals surface area contributed by atoms with Gasteiger partial charge < -0.3 is 5.73 Å². The minimum atomic E-state index is 0.771. The fourth-order valence-corrected chi connectivity index (χ4v) is 0.768. The Morgan fingerprint density at radius 1 is 1.40 bits per heavy atom. The molecular weight excluding hydrogens is 124 g/mol. The Morgan fingerprint density at radius 2 is 2.10 bits per heavy atom. The number of nitrogens with two attached hydrogens (primary N) is 1. The molecule has 1 aromatic rings. The molecule has 0 heterocycles. The predicted octanol–water partition coefficient (Wildman–Crippen LogP) is 1.32. The molecule has 0 aliphatic carbocycles. The number of hydrogen-bond acceptors (Lipinski definition) is 2. The average Bonchev–Trinajstić information content (AvgIpc) is 1.94. The van der Waals surface area contributed by atoms with Crippen molar-refractivity contribution < 1.29 is 0 Å². The van der Waals surface area contributed by atoms with Crippen LogP contribution in [0.2, 0.25) is 0 Å². The fraction of sp³-hybridized carbons (Fsp3) is 0.125. The minimum absolute atomic E-state index is 0.771. The van der Waals surface area contributed by atoms with Crippen LogP contribution in [-0.4, -0.2) is 13.3 Å². The molecule has 1 rings (SSSR count). The zero-order valence-corrected chi connectivity index (χ0v) is 5.91. The average molecular weight is 134 g/mol. The summed E-state index contributed by atoms with van der Waals surface area (Å²) in [5.74, 6) is 0. The standard InChI is InChI=1S/C8H10N2/c1-10-6-7-4-2-3-5-8(7)9/h2-6H,9H2,1H3/b10-6-. The second kappa shape index (κ2) is 3.01. The number of para-hydroxylation sites is 1. The molecule has 10 heavy (non-hydrogen) atoms. The van der Waals surface area contributed by atoms with Gasteiger partial charge in [-0.05, 0) is 6.07 Å². The molecule has 0 spiro atoms. The molecule has 0 atom stereocenters. The number of nitrogen functional groups attached to an aromatic ring is 1. The summed E-state index contributed by atoms with van der Waals surface area (Å²) < 4.78 is 0. The van der Waals surface area contributed by atoms with Crippen LogP contribution in [-0.2, 0) is 0 Å². The van der Waals surface area contributed by atoms with Gasteiger partial charge in [-0.25, -0.2) is 0 Å². The fourth-order valence-electron chi connectivity index (χ4n) is 0.768. The van der Waals surface area contributed by atoms with Gasteiger partial charge in [0.15, 0.2) is 0 Å². The quantitative estimate of drug-likeness (QED) is 0.456. The monoisotopic (exact) mass is 134 g/mol. The van der Waals surface area contributed by atoms with Crippen LogP contribution in [0.5, 0.6) is 0 Å². The summed E-state index contributed by atoms with van der Waals surface area (Å²) in [7, 11) is 1.73. The highest BCUT2D eigenvalue weighted by Gasteiger charge is 1.89. The lowest BCUT2D eigenvalue weighted by atomic mass is 10.2. The van der Waals surface area contributed by atoms with Gasteiger partial charge in [0, 0.05) is 24.5 Å². The van der Waals surface area contributed by atoms with E-state index in [4.69, 9.17) is 5.73 Å². The first-order valence-electron chi connectivity index (χ1n) is 3.11. The van der Waals surface area contributed by atoms with Gasteiger partial charge in [-0.2, -0.15) is 0 Å². The van der Waals surface area contributed by atoms with Crippen LogP contribution in [0, 0.1) is 0 Å². The Balaban J connectivity index is 3.03. The molecule has 0 fully saturated rings. The van der Waals surface area contributed by atoms with E-state index < -0.39 is 0 Å². The van der Waals surface area contributed by atoms with E-state index >= 15 is 0 Å². The largest absolute Gasteiger partial charge is 0.398 e. The Kier molecular flexibility index (Phi) is 2.05. The van der Waals surface area contributed by atoms with Crippen molar-refractivity contribution in [2.75, 3.05) is 12.8 Å². The summed E-state index contributed by atoms with van der Waals surface area (Å²) in [4.78, 5) is 3.86. The van der Waals surface area contributed by atoms with Crippen LogP contribution < -0.4 is 5.73 Å². The Labute approximate surface area is 60.4 Å². The lowest BCUT2D eigenvalue weighted by molar-refractivity contribution is 1.46. The third-order valence-electron chi connectivity index (χ3n) is 1.26. The highest BCUT2D eigenvalue weighted by molar-refractivity contribution is 5.86. The van der Waals surface area contributed by atoms with Gasteiger partial charge in [0.05, 0.1) is 0 Å². The molecule has 0 saturated carbocycles. The Morgan fingerprint density at radius 3 is 2.70 bits per heavy atom. The second-order valence-electron chi connectivity index (χ2n) is 2.02. The number of hydrogen-bond donors (Lipinski definition) is 1. The first-order chi connectivity index (χ1) is 4.84. The topological polar surface area (TPSA) is 38.4 Å². The molecule has 0 radical (unpaired) electrons. The molecule has 2 nitrogen and oxygen atoms in total. The van der Waals surface area contributed by atoms with E-state index in [0.29, 0.717) is 0 Å². The van der Waals surface area contributed by atoms with Gasteiger partial charge in [-0.3, -0.25) is 4.99 Å². The molecule has 0 amide bonds. The molecule has 0 aliphatic heterocycles. The maximum Gasteiger partial charge on any atom is 0.0403 e. The van der Waals surface area contributed by atoms with Gasteiger partial charge in [-0.1, -0.05) is 18.2 Å². The van der Waals surface area contributed by atoms with E-state index in [9.17, 15) is 0 Å². The molecule has 52 valence electrons. The lowest BCUT2D eigenvalue weighted by Crippen LogP contribution is -1.91. The van der Waals surface area contributed by atoms with Crippen molar-refractivity contribution in [2.24, 2.45) is 4.99 Å². The van der Waals surface area contributed by atoms with Crippen molar-refractivity contribution in [3.63, 3.8) is 0 Å². The van der Waals surface area contributed by atoms with Gasteiger partial charge in [0.25, 0.3) is 0 Å². The molecule has 0 saturated heterocycles. The van der Waals surface area contributed by atoms with Crippen molar-refractivity contribution in [3.8, 4) is 0 Å². The summed E-state index contributed by atoms with van der Waals surface area (Å²) >= 11 is 0. The van der Waals surface area contributed by atoms with E-state index in [-0.39, 0.29) is 0 Å². The van der Waals surface area contributed by atoms with Gasteiger partial charge in [0.1, 0.15) is 0 Å². The normalized spacial score (nSPS) is 10.5. The molecule has 0 unspecified atom stereocenters. The summed E-state index contributed by atoms with van der Waals surface area (Å²) in [6, 6.07) is 7.63. The van der Waals surface area contributed by atoms with Crippen molar-refractivity contribution in [3.05, 3.63) is 29.8 Å². The smallest absolute Gasteiger partial charge is 0.0403 e. The number of rotatable bonds is 1. The number of nitrogens with zero attached hydrogens (tertiary/aromatic N) is 1. The number of aliphatic imine (C=N–C) groups is 1. The van der Waals surface area contributed by atoms with Crippen LogP contribution in [0.25, 0.3) is 0 Å². The lowest BCUT2D eigenvalue weighted by Gasteiger charge is -1.95. The van der Waals surface area contributed by atoms with Crippen LogP contribution in [0.15, 0.2) is 29.3 Å². The van der Waals surface area contributed by atoms with Gasteiger partial charge >= 0.3 is 0 Å². The van der Waals surface area contributed by atoms with Crippen molar-refractivity contribution in [1.82, 2.24) is 0 Å². The third kappa shape index (κ3) is 1.35. The maximum absolute atomic E-state index is 5.62. The summed E-state index contributed by atoms with van der Waals surface area (Å²) in [5.41, 5.74) is 7.36. The summed E-state index contributed by atoms with van der Waals surface area (Å²) in [6.45, 7) is 0. The number of anilines is 1. The Bertz CT molecular complexity index is 241. The SMILES string of the molecule is C/N=C\c1ccccc1N. The molecule has 2 heteroatoms. The van der Waals surface area contributed by atoms with Crippen LogP contribution in [0.3, 0.4) is 0 Å². The maximum atomic E-state index is 5.62. The summed E-state index contributed by atoms with van der Waals surface area (Å²) in [5, 5.41) is 0. The van der Waals surface area contributed by atoms with E-state index in [0.717, 1.165) is 11.3 Å². The zero-order valence-electron chi connectivity index (χ0n) is 5.91. The van der Waals surface area contributed by atoms with Crippen molar-refractivity contribution in [2.45, 2.75) is 0 Å². The predicted molar refractivity (Wildman–Crippen MR) is 44.4 cm³/mol. The number of benzene rings is 1. The highest BCUT2D eigenvalue weighted by atomic mass is 14.6. The van der Waals surface area contributed by atoms with Crippen LogP contribution in [0.1, 0.15) is 5.56 Å². The third-order valence-corrected chi connectivity index (χ3v) is 1.26.